The Bertz CT molecular complexity index is 785. The van der Waals surface area contributed by atoms with E-state index in [1.165, 1.54) is 30.5 Å². The van der Waals surface area contributed by atoms with Gasteiger partial charge >= 0.3 is 0 Å². The number of anilines is 1. The van der Waals surface area contributed by atoms with Crippen molar-refractivity contribution >= 4 is 28.9 Å². The summed E-state index contributed by atoms with van der Waals surface area (Å²) in [5.74, 6) is -0.749. The zero-order valence-electron chi connectivity index (χ0n) is 10.8. The lowest BCUT2D eigenvalue weighted by molar-refractivity contribution is -0.383. The number of nitro groups is 1. The lowest BCUT2D eigenvalue weighted by Gasteiger charge is -2.06. The molecule has 0 saturated heterocycles. The Kier molecular flexibility index (Phi) is 4.04. The van der Waals surface area contributed by atoms with Crippen LogP contribution in [0.5, 0.6) is 0 Å². The molecule has 0 unspecified atom stereocenters. The first-order chi connectivity index (χ1) is 9.88. The minimum atomic E-state index is -0.749. The monoisotopic (exact) mass is 307 g/mol. The highest BCUT2D eigenvalue weighted by Gasteiger charge is 2.18. The summed E-state index contributed by atoms with van der Waals surface area (Å²) in [7, 11) is 0. The highest BCUT2D eigenvalue weighted by molar-refractivity contribution is 6.31. The molecular weight excluding hydrogens is 298 g/mol. The molecule has 2 N–H and O–H groups in total. The molecule has 0 saturated carbocycles. The first-order valence-corrected chi connectivity index (χ1v) is 6.21. The third-order valence-electron chi connectivity index (χ3n) is 2.71. The van der Waals surface area contributed by atoms with Gasteiger partial charge in [-0.3, -0.25) is 19.7 Å². The van der Waals surface area contributed by atoms with Crippen LogP contribution < -0.4 is 10.7 Å². The molecule has 0 bridgehead atoms. The van der Waals surface area contributed by atoms with Gasteiger partial charge in [-0.1, -0.05) is 11.6 Å². The van der Waals surface area contributed by atoms with Crippen molar-refractivity contribution in [3.8, 4) is 0 Å². The van der Waals surface area contributed by atoms with Crippen molar-refractivity contribution < 1.29 is 9.72 Å². The van der Waals surface area contributed by atoms with Gasteiger partial charge in [0.15, 0.2) is 5.43 Å². The lowest BCUT2D eigenvalue weighted by atomic mass is 10.2. The second kappa shape index (κ2) is 5.76. The smallest absolute Gasteiger partial charge is 0.292 e. The maximum atomic E-state index is 12.0. The maximum absolute atomic E-state index is 12.0. The van der Waals surface area contributed by atoms with Gasteiger partial charge < -0.3 is 10.3 Å². The van der Waals surface area contributed by atoms with E-state index in [0.717, 1.165) is 0 Å². The van der Waals surface area contributed by atoms with Gasteiger partial charge in [0, 0.05) is 29.0 Å². The summed E-state index contributed by atoms with van der Waals surface area (Å²) < 4.78 is 0. The number of carbonyl (C=O) groups excluding carboxylic acids is 1. The lowest BCUT2D eigenvalue weighted by Crippen LogP contribution is -2.22. The van der Waals surface area contributed by atoms with Crippen LogP contribution in [0.15, 0.2) is 35.3 Å². The Labute approximate surface area is 123 Å². The standard InChI is InChI=1S/C13H10ClN3O4/c1-7-4-12(18)9(6-15-7)13(19)16-10-5-8(14)2-3-11(10)17(20)21/h2-6H,1H3,(H,15,18)(H,16,19). The second-order valence-electron chi connectivity index (χ2n) is 4.27. The van der Waals surface area contributed by atoms with Crippen LogP contribution in [-0.4, -0.2) is 15.8 Å². The third kappa shape index (κ3) is 3.26. The van der Waals surface area contributed by atoms with Crippen LogP contribution in [0, 0.1) is 17.0 Å². The molecule has 0 atom stereocenters. The van der Waals surface area contributed by atoms with Crippen LogP contribution in [0.1, 0.15) is 16.1 Å². The Morgan fingerprint density at radius 2 is 2.10 bits per heavy atom. The number of H-pyrrole nitrogens is 1. The van der Waals surface area contributed by atoms with E-state index in [2.05, 4.69) is 10.3 Å². The molecule has 108 valence electrons. The number of carbonyl (C=O) groups is 1. The largest absolute Gasteiger partial charge is 0.364 e. The average molecular weight is 308 g/mol. The molecule has 21 heavy (non-hydrogen) atoms. The van der Waals surface area contributed by atoms with Crippen molar-refractivity contribution in [3.05, 3.63) is 67.1 Å². The van der Waals surface area contributed by atoms with Crippen LogP contribution in [0.25, 0.3) is 0 Å². The summed E-state index contributed by atoms with van der Waals surface area (Å²) in [4.78, 5) is 36.7. The van der Waals surface area contributed by atoms with Gasteiger partial charge in [-0.2, -0.15) is 0 Å². The molecule has 0 aliphatic heterocycles. The van der Waals surface area contributed by atoms with Gasteiger partial charge in [-0.05, 0) is 19.1 Å². The van der Waals surface area contributed by atoms with Crippen molar-refractivity contribution in [3.63, 3.8) is 0 Å². The SMILES string of the molecule is Cc1cc(=O)c(C(=O)Nc2cc(Cl)ccc2[N+](=O)[O-])c[nH]1. The van der Waals surface area contributed by atoms with E-state index in [-0.39, 0.29) is 22.0 Å². The zero-order chi connectivity index (χ0) is 15.6. The molecule has 0 aliphatic rings. The molecule has 8 heteroatoms. The van der Waals surface area contributed by atoms with Crippen LogP contribution in [0.2, 0.25) is 5.02 Å². The van der Waals surface area contributed by atoms with E-state index < -0.39 is 16.3 Å². The number of nitro benzene ring substituents is 1. The first-order valence-electron chi connectivity index (χ1n) is 5.83. The van der Waals surface area contributed by atoms with Crippen LogP contribution in [-0.2, 0) is 0 Å². The van der Waals surface area contributed by atoms with E-state index in [1.807, 2.05) is 0 Å². The van der Waals surface area contributed by atoms with Gasteiger partial charge in [0.1, 0.15) is 11.3 Å². The van der Waals surface area contributed by atoms with Gasteiger partial charge in [-0.25, -0.2) is 0 Å². The molecule has 0 radical (unpaired) electrons. The van der Waals surface area contributed by atoms with Crippen molar-refractivity contribution in [2.45, 2.75) is 6.92 Å². The molecule has 0 fully saturated rings. The Morgan fingerprint density at radius 3 is 2.71 bits per heavy atom. The molecule has 2 aromatic rings. The number of aromatic nitrogens is 1. The number of halogens is 1. The summed E-state index contributed by atoms with van der Waals surface area (Å²) in [6.07, 6.45) is 1.25. The fourth-order valence-corrected chi connectivity index (χ4v) is 1.88. The van der Waals surface area contributed by atoms with Crippen LogP contribution in [0.4, 0.5) is 11.4 Å². The number of aromatic amines is 1. The van der Waals surface area contributed by atoms with E-state index in [9.17, 15) is 19.7 Å². The van der Waals surface area contributed by atoms with E-state index in [0.29, 0.717) is 5.69 Å². The number of amides is 1. The highest BCUT2D eigenvalue weighted by Crippen LogP contribution is 2.27. The fraction of sp³-hybridized carbons (Fsp3) is 0.0769. The number of rotatable bonds is 3. The summed E-state index contributed by atoms with van der Waals surface area (Å²) >= 11 is 5.76. The minimum Gasteiger partial charge on any atom is -0.364 e. The summed E-state index contributed by atoms with van der Waals surface area (Å²) in [6, 6.07) is 5.03. The normalized spacial score (nSPS) is 10.2. The van der Waals surface area contributed by atoms with Gasteiger partial charge in [0.2, 0.25) is 0 Å². The predicted molar refractivity (Wildman–Crippen MR) is 77.9 cm³/mol. The van der Waals surface area contributed by atoms with E-state index in [1.54, 1.807) is 6.92 Å². The number of benzene rings is 1. The molecule has 2 rings (SSSR count). The molecule has 1 aromatic heterocycles. The zero-order valence-corrected chi connectivity index (χ0v) is 11.6. The highest BCUT2D eigenvalue weighted by atomic mass is 35.5. The average Bonchev–Trinajstić information content (AvgIpc) is 2.37. The molecule has 0 aliphatic carbocycles. The number of pyridine rings is 1. The number of nitrogens with one attached hydrogen (secondary N) is 2. The van der Waals surface area contributed by atoms with Crippen molar-refractivity contribution in [2.75, 3.05) is 5.32 Å². The second-order valence-corrected chi connectivity index (χ2v) is 4.70. The molecule has 1 aromatic carbocycles. The Balaban J connectivity index is 2.38. The molecule has 1 amide bonds. The fourth-order valence-electron chi connectivity index (χ4n) is 1.71. The van der Waals surface area contributed by atoms with Gasteiger partial charge in [0.05, 0.1) is 4.92 Å². The number of nitrogens with zero attached hydrogens (tertiary/aromatic N) is 1. The minimum absolute atomic E-state index is 0.0718. The quantitative estimate of drug-likeness (QED) is 0.671. The van der Waals surface area contributed by atoms with E-state index >= 15 is 0 Å². The maximum Gasteiger partial charge on any atom is 0.292 e. The van der Waals surface area contributed by atoms with Crippen LogP contribution >= 0.6 is 11.6 Å². The number of hydrogen-bond acceptors (Lipinski definition) is 4. The topological polar surface area (TPSA) is 105 Å². The van der Waals surface area contributed by atoms with Crippen molar-refractivity contribution in [2.24, 2.45) is 0 Å². The number of aryl methyl sites for hydroxylation is 1. The number of hydrogen-bond donors (Lipinski definition) is 2. The van der Waals surface area contributed by atoms with Crippen molar-refractivity contribution in [1.29, 1.82) is 0 Å². The molecule has 7 nitrogen and oxygen atoms in total. The Hall–Kier alpha value is -2.67. The third-order valence-corrected chi connectivity index (χ3v) is 2.94. The van der Waals surface area contributed by atoms with Crippen molar-refractivity contribution in [1.82, 2.24) is 4.98 Å². The summed E-state index contributed by atoms with van der Waals surface area (Å²) in [5, 5.41) is 13.5. The van der Waals surface area contributed by atoms with Crippen LogP contribution in [0.3, 0.4) is 0 Å². The summed E-state index contributed by atoms with van der Waals surface area (Å²) in [5.41, 5.74) is -0.401. The van der Waals surface area contributed by atoms with Gasteiger partial charge in [-0.15, -0.1) is 0 Å². The first kappa shape index (κ1) is 14.7. The molecule has 0 spiro atoms. The van der Waals surface area contributed by atoms with Gasteiger partial charge in [0.25, 0.3) is 11.6 Å². The summed E-state index contributed by atoms with van der Waals surface area (Å²) in [6.45, 7) is 1.67. The molecule has 1 heterocycles. The predicted octanol–water partition coefficient (Wildman–Crippen LogP) is 2.50. The Morgan fingerprint density at radius 1 is 1.38 bits per heavy atom. The van der Waals surface area contributed by atoms with E-state index in [4.69, 9.17) is 11.6 Å². The molecular formula is C13H10ClN3O4.